The monoisotopic (exact) mass is 416 g/mol. The van der Waals surface area contributed by atoms with Crippen LogP contribution in [0.15, 0.2) is 46.7 Å². The van der Waals surface area contributed by atoms with Crippen LogP contribution in [0.5, 0.6) is 0 Å². The number of likely N-dealkylation sites (tertiary alicyclic amines) is 1. The Kier molecular flexibility index (Phi) is 6.26. The van der Waals surface area contributed by atoms with E-state index in [1.165, 1.54) is 11.3 Å². The van der Waals surface area contributed by atoms with Crippen molar-refractivity contribution in [1.29, 1.82) is 0 Å². The van der Waals surface area contributed by atoms with E-state index in [0.717, 1.165) is 67.0 Å². The highest BCUT2D eigenvalue weighted by atomic mass is 32.2. The van der Waals surface area contributed by atoms with Gasteiger partial charge in [0.1, 0.15) is 5.65 Å². The maximum absolute atomic E-state index is 12.6. The third-order valence-corrected chi connectivity index (χ3v) is 7.00. The second-order valence-corrected chi connectivity index (χ2v) is 9.10. The van der Waals surface area contributed by atoms with Gasteiger partial charge in [0.05, 0.1) is 9.93 Å². The van der Waals surface area contributed by atoms with Crippen LogP contribution in [0.2, 0.25) is 0 Å². The fourth-order valence-electron chi connectivity index (χ4n) is 3.48. The van der Waals surface area contributed by atoms with Crippen LogP contribution in [0, 0.1) is 0 Å². The van der Waals surface area contributed by atoms with Gasteiger partial charge in [0, 0.05) is 38.2 Å². The van der Waals surface area contributed by atoms with Crippen LogP contribution in [-0.2, 0) is 4.79 Å². The summed E-state index contributed by atoms with van der Waals surface area (Å²) in [4.78, 5) is 33.3. The topological polar surface area (TPSA) is 57.9 Å². The third-order valence-electron chi connectivity index (χ3n) is 4.98. The molecule has 2 amide bonds. The van der Waals surface area contributed by atoms with Gasteiger partial charge in [-0.3, -0.25) is 18.9 Å². The Balaban J connectivity index is 1.24. The predicted molar refractivity (Wildman–Crippen MR) is 113 cm³/mol. The molecule has 2 aromatic heterocycles. The largest absolute Gasteiger partial charge is 0.376 e. The SMILES string of the molecule is O=C1SC(=CN2CCCCC2)C(=O)N1CCCCSc1cccc2nccn12. The molecule has 0 radical (unpaired) electrons. The average molecular weight is 417 g/mol. The third kappa shape index (κ3) is 4.38. The molecule has 2 aromatic rings. The first kappa shape index (κ1) is 19.4. The van der Waals surface area contributed by atoms with Crippen LogP contribution < -0.4 is 0 Å². The number of rotatable bonds is 7. The zero-order valence-electron chi connectivity index (χ0n) is 15.7. The number of carbonyl (C=O) groups is 2. The molecule has 8 heteroatoms. The number of fused-ring (bicyclic) bond motifs is 1. The Hall–Kier alpha value is -1.93. The summed E-state index contributed by atoms with van der Waals surface area (Å²) < 4.78 is 2.08. The highest BCUT2D eigenvalue weighted by molar-refractivity contribution is 8.18. The van der Waals surface area contributed by atoms with Crippen LogP contribution in [0.4, 0.5) is 4.79 Å². The molecule has 0 aromatic carbocycles. The van der Waals surface area contributed by atoms with E-state index in [0.29, 0.717) is 11.4 Å². The zero-order chi connectivity index (χ0) is 19.3. The number of pyridine rings is 1. The highest BCUT2D eigenvalue weighted by Crippen LogP contribution is 2.31. The van der Waals surface area contributed by atoms with Gasteiger partial charge in [-0.2, -0.15) is 0 Å². The molecule has 2 fully saturated rings. The van der Waals surface area contributed by atoms with Crippen molar-refractivity contribution in [2.45, 2.75) is 37.1 Å². The van der Waals surface area contributed by atoms with Crippen LogP contribution >= 0.6 is 23.5 Å². The molecule has 6 nitrogen and oxygen atoms in total. The molecular weight excluding hydrogens is 392 g/mol. The van der Waals surface area contributed by atoms with Gasteiger partial charge in [0.15, 0.2) is 0 Å². The molecule has 0 N–H and O–H groups in total. The first-order valence-electron chi connectivity index (χ1n) is 9.77. The summed E-state index contributed by atoms with van der Waals surface area (Å²) in [6.45, 7) is 2.46. The van der Waals surface area contributed by atoms with Crippen LogP contribution in [-0.4, -0.2) is 55.7 Å². The molecule has 0 unspecified atom stereocenters. The summed E-state index contributed by atoms with van der Waals surface area (Å²) in [7, 11) is 0. The normalized spacial score (nSPS) is 19.4. The number of piperidine rings is 1. The van der Waals surface area contributed by atoms with Gasteiger partial charge in [0.2, 0.25) is 0 Å². The number of nitrogens with zero attached hydrogens (tertiary/aromatic N) is 4. The average Bonchev–Trinajstić information content (AvgIpc) is 3.29. The van der Waals surface area contributed by atoms with Crippen molar-refractivity contribution in [2.24, 2.45) is 0 Å². The van der Waals surface area contributed by atoms with Crippen LogP contribution in [0.25, 0.3) is 5.65 Å². The minimum atomic E-state index is -0.135. The molecule has 28 heavy (non-hydrogen) atoms. The Morgan fingerprint density at radius 1 is 1.14 bits per heavy atom. The van der Waals surface area contributed by atoms with Crippen molar-refractivity contribution >= 4 is 40.3 Å². The van der Waals surface area contributed by atoms with Gasteiger partial charge in [-0.25, -0.2) is 4.98 Å². The minimum absolute atomic E-state index is 0.128. The lowest BCUT2D eigenvalue weighted by Gasteiger charge is -2.25. The number of carbonyl (C=O) groups excluding carboxylic acids is 2. The number of unbranched alkanes of at least 4 members (excludes halogenated alkanes) is 1. The standard InChI is InChI=1S/C20H24N4O2S2/c25-19-16(15-22-10-2-1-3-11-22)28-20(26)24(19)12-4-5-14-27-18-8-6-7-17-21-9-13-23(17)18/h6-9,13,15H,1-5,10-12,14H2. The molecule has 148 valence electrons. The lowest BCUT2D eigenvalue weighted by atomic mass is 10.1. The summed E-state index contributed by atoms with van der Waals surface area (Å²) in [5.41, 5.74) is 0.948. The van der Waals surface area contributed by atoms with Crippen molar-refractivity contribution in [1.82, 2.24) is 19.2 Å². The van der Waals surface area contributed by atoms with Crippen LogP contribution in [0.3, 0.4) is 0 Å². The Morgan fingerprint density at radius 2 is 2.00 bits per heavy atom. The van der Waals surface area contributed by atoms with Gasteiger partial charge >= 0.3 is 0 Å². The number of thioether (sulfide) groups is 2. The van der Waals surface area contributed by atoms with E-state index in [1.807, 2.05) is 24.5 Å². The lowest BCUT2D eigenvalue weighted by molar-refractivity contribution is -0.122. The predicted octanol–water partition coefficient (Wildman–Crippen LogP) is 4.23. The summed E-state index contributed by atoms with van der Waals surface area (Å²) in [6, 6.07) is 6.09. The van der Waals surface area contributed by atoms with Gasteiger partial charge < -0.3 is 4.90 Å². The van der Waals surface area contributed by atoms with E-state index in [1.54, 1.807) is 18.0 Å². The summed E-state index contributed by atoms with van der Waals surface area (Å²) in [6.07, 6.45) is 11.0. The van der Waals surface area contributed by atoms with Gasteiger partial charge in [0.25, 0.3) is 11.1 Å². The summed E-state index contributed by atoms with van der Waals surface area (Å²) in [5.74, 6) is 0.813. The molecule has 2 aliphatic rings. The quantitative estimate of drug-likeness (QED) is 0.382. The molecular formula is C20H24N4O2S2. The molecule has 0 saturated carbocycles. The van der Waals surface area contributed by atoms with Crippen molar-refractivity contribution in [3.8, 4) is 0 Å². The number of imide groups is 1. The van der Waals surface area contributed by atoms with Crippen molar-refractivity contribution in [2.75, 3.05) is 25.4 Å². The van der Waals surface area contributed by atoms with E-state index >= 15 is 0 Å². The number of imidazole rings is 1. The number of hydrogen-bond donors (Lipinski definition) is 0. The van der Waals surface area contributed by atoms with E-state index in [4.69, 9.17) is 0 Å². The highest BCUT2D eigenvalue weighted by Gasteiger charge is 2.35. The van der Waals surface area contributed by atoms with Crippen molar-refractivity contribution in [3.05, 3.63) is 41.7 Å². The first-order valence-corrected chi connectivity index (χ1v) is 11.6. The fraction of sp³-hybridized carbons (Fsp3) is 0.450. The van der Waals surface area contributed by atoms with E-state index in [9.17, 15) is 9.59 Å². The second-order valence-electron chi connectivity index (χ2n) is 6.99. The molecule has 0 bridgehead atoms. The molecule has 0 spiro atoms. The number of amides is 2. The van der Waals surface area contributed by atoms with E-state index in [-0.39, 0.29) is 11.1 Å². The smallest absolute Gasteiger partial charge is 0.293 e. The minimum Gasteiger partial charge on any atom is -0.376 e. The molecule has 0 aliphatic carbocycles. The number of hydrogen-bond acceptors (Lipinski definition) is 6. The molecule has 0 atom stereocenters. The fourth-order valence-corrected chi connectivity index (χ4v) is 5.38. The van der Waals surface area contributed by atoms with Crippen LogP contribution in [0.1, 0.15) is 32.1 Å². The Bertz CT molecular complexity index is 889. The van der Waals surface area contributed by atoms with Crippen molar-refractivity contribution < 1.29 is 9.59 Å². The van der Waals surface area contributed by atoms with Crippen molar-refractivity contribution in [3.63, 3.8) is 0 Å². The lowest BCUT2D eigenvalue weighted by Crippen LogP contribution is -2.30. The first-order chi connectivity index (χ1) is 13.7. The number of aromatic nitrogens is 2. The maximum atomic E-state index is 12.6. The Labute approximate surface area is 173 Å². The van der Waals surface area contributed by atoms with E-state index in [2.05, 4.69) is 20.4 Å². The van der Waals surface area contributed by atoms with Gasteiger partial charge in [-0.15, -0.1) is 11.8 Å². The summed E-state index contributed by atoms with van der Waals surface area (Å²) >= 11 is 2.85. The molecule has 4 rings (SSSR count). The molecule has 4 heterocycles. The zero-order valence-corrected chi connectivity index (χ0v) is 17.4. The molecule has 2 aliphatic heterocycles. The van der Waals surface area contributed by atoms with Gasteiger partial charge in [-0.05, 0) is 61.8 Å². The maximum Gasteiger partial charge on any atom is 0.293 e. The van der Waals surface area contributed by atoms with Gasteiger partial charge in [-0.1, -0.05) is 6.07 Å². The summed E-state index contributed by atoms with van der Waals surface area (Å²) in [5, 5.41) is 1.02. The van der Waals surface area contributed by atoms with E-state index < -0.39 is 0 Å². The Morgan fingerprint density at radius 3 is 2.86 bits per heavy atom. The second kappa shape index (κ2) is 9.05. The molecule has 2 saturated heterocycles.